The van der Waals surface area contributed by atoms with E-state index in [9.17, 15) is 9.18 Å². The first-order valence-corrected chi connectivity index (χ1v) is 13.7. The molecule has 12 heteroatoms. The number of piperazine rings is 1. The lowest BCUT2D eigenvalue weighted by atomic mass is 10.1. The SMILES string of the molecule is Cc1cc(Nc2ncnc3cc4c(nc23)N2CCN(C(=O)/C=C/CN(C)C)[C@H](CO4)C2)ccc1Oc1cncc(F)c1. The molecule has 0 unspecified atom stereocenters. The summed E-state index contributed by atoms with van der Waals surface area (Å²) in [5.74, 6) is 2.32. The maximum Gasteiger partial charge on any atom is 0.246 e. The van der Waals surface area contributed by atoms with E-state index in [0.717, 1.165) is 17.4 Å². The summed E-state index contributed by atoms with van der Waals surface area (Å²) in [7, 11) is 3.93. The molecule has 11 nitrogen and oxygen atoms in total. The van der Waals surface area contributed by atoms with E-state index in [1.807, 2.05) is 55.1 Å². The lowest BCUT2D eigenvalue weighted by molar-refractivity contribution is -0.129. The van der Waals surface area contributed by atoms with Crippen molar-refractivity contribution < 1.29 is 18.7 Å². The number of benzene rings is 1. The van der Waals surface area contributed by atoms with E-state index in [1.54, 1.807) is 12.1 Å². The Balaban J connectivity index is 1.22. The number of rotatable bonds is 7. The van der Waals surface area contributed by atoms with Crippen LogP contribution < -0.4 is 19.7 Å². The maximum atomic E-state index is 13.5. The van der Waals surface area contributed by atoms with Crippen molar-refractivity contribution in [3.63, 3.8) is 0 Å². The standard InChI is InChI=1S/C30H31FN8O3/c1-19-11-21(6-7-25(19)42-23-12-20(31)14-32-15-23)35-29-28-24(33-18-34-29)13-26-30(36-28)38-9-10-39(22(16-38)17-41-26)27(40)5-4-8-37(2)3/h4-7,11-15,18,22H,8-10,16-17H2,1-3H3,(H,33,34,35)/b5-4+/t22-/m0/s1. The molecule has 2 bridgehead atoms. The molecule has 5 heterocycles. The van der Waals surface area contributed by atoms with E-state index in [4.69, 9.17) is 14.5 Å². The molecule has 4 aromatic rings. The molecule has 1 atom stereocenters. The van der Waals surface area contributed by atoms with Gasteiger partial charge in [0.2, 0.25) is 5.91 Å². The normalized spacial score (nSPS) is 16.4. The Morgan fingerprint density at radius 2 is 2.10 bits per heavy atom. The Hall–Kier alpha value is -4.84. The smallest absolute Gasteiger partial charge is 0.246 e. The van der Waals surface area contributed by atoms with Crippen LogP contribution in [-0.4, -0.2) is 88.6 Å². The van der Waals surface area contributed by atoms with Gasteiger partial charge >= 0.3 is 0 Å². The quantitative estimate of drug-likeness (QED) is 0.328. The topological polar surface area (TPSA) is 109 Å². The molecule has 0 radical (unpaired) electrons. The Morgan fingerprint density at radius 3 is 2.90 bits per heavy atom. The first-order valence-electron chi connectivity index (χ1n) is 13.7. The van der Waals surface area contributed by atoms with Gasteiger partial charge in [-0.05, 0) is 44.8 Å². The number of likely N-dealkylation sites (N-methyl/N-ethyl adjacent to an activating group) is 1. The number of ether oxygens (including phenoxy) is 2. The number of carbonyl (C=O) groups is 1. The number of nitrogens with zero attached hydrogens (tertiary/aromatic N) is 7. The highest BCUT2D eigenvalue weighted by Crippen LogP contribution is 2.36. The van der Waals surface area contributed by atoms with Crippen molar-refractivity contribution in [1.82, 2.24) is 29.7 Å². The first kappa shape index (κ1) is 27.3. The molecule has 6 rings (SSSR count). The fraction of sp³-hybridized carbons (Fsp3) is 0.300. The highest BCUT2D eigenvalue weighted by Gasteiger charge is 2.35. The van der Waals surface area contributed by atoms with Gasteiger partial charge in [0.25, 0.3) is 0 Å². The van der Waals surface area contributed by atoms with E-state index in [2.05, 4.69) is 25.2 Å². The molecule has 0 aliphatic carbocycles. The zero-order chi connectivity index (χ0) is 29.2. The van der Waals surface area contributed by atoms with E-state index >= 15 is 0 Å². The van der Waals surface area contributed by atoms with Gasteiger partial charge in [0.05, 0.1) is 24.0 Å². The van der Waals surface area contributed by atoms with E-state index < -0.39 is 5.82 Å². The van der Waals surface area contributed by atoms with Gasteiger partial charge < -0.3 is 29.5 Å². The summed E-state index contributed by atoms with van der Waals surface area (Å²) in [6.45, 7) is 4.82. The number of carbonyl (C=O) groups excluding carboxylic acids is 1. The van der Waals surface area contributed by atoms with Crippen molar-refractivity contribution in [3.05, 3.63) is 72.6 Å². The largest absolute Gasteiger partial charge is 0.487 e. The molecule has 42 heavy (non-hydrogen) atoms. The van der Waals surface area contributed by atoms with Crippen molar-refractivity contribution in [2.24, 2.45) is 0 Å². The van der Waals surface area contributed by atoms with Crippen LogP contribution in [0, 0.1) is 12.7 Å². The molecule has 1 saturated heterocycles. The Kier molecular flexibility index (Phi) is 7.53. The van der Waals surface area contributed by atoms with Crippen LogP contribution in [0.25, 0.3) is 11.0 Å². The van der Waals surface area contributed by atoms with Crippen LogP contribution in [0.3, 0.4) is 0 Å². The number of amides is 1. The molecule has 1 N–H and O–H groups in total. The molecular formula is C30H31FN8O3. The minimum Gasteiger partial charge on any atom is -0.487 e. The second-order valence-electron chi connectivity index (χ2n) is 10.6. The van der Waals surface area contributed by atoms with Crippen molar-refractivity contribution >= 4 is 34.3 Å². The van der Waals surface area contributed by atoms with Gasteiger partial charge in [0.1, 0.15) is 35.8 Å². The van der Waals surface area contributed by atoms with Gasteiger partial charge in [-0.1, -0.05) is 6.08 Å². The third kappa shape index (κ3) is 5.79. The molecule has 216 valence electrons. The van der Waals surface area contributed by atoms with Gasteiger partial charge in [-0.2, -0.15) is 0 Å². The summed E-state index contributed by atoms with van der Waals surface area (Å²) in [5, 5.41) is 3.35. The predicted octanol–water partition coefficient (Wildman–Crippen LogP) is 3.93. The van der Waals surface area contributed by atoms with Gasteiger partial charge in [-0.3, -0.25) is 9.78 Å². The van der Waals surface area contributed by atoms with Crippen LogP contribution in [-0.2, 0) is 4.79 Å². The fourth-order valence-electron chi connectivity index (χ4n) is 5.06. The number of aromatic nitrogens is 4. The molecule has 1 aromatic carbocycles. The first-order chi connectivity index (χ1) is 20.3. The summed E-state index contributed by atoms with van der Waals surface area (Å²) in [4.78, 5) is 36.6. The number of hydrogen-bond donors (Lipinski definition) is 1. The van der Waals surface area contributed by atoms with Crippen molar-refractivity contribution in [2.75, 3.05) is 57.1 Å². The molecule has 1 fully saturated rings. The van der Waals surface area contributed by atoms with Gasteiger partial charge in [-0.25, -0.2) is 19.3 Å². The highest BCUT2D eigenvalue weighted by atomic mass is 19.1. The van der Waals surface area contributed by atoms with E-state index in [0.29, 0.717) is 72.7 Å². The third-order valence-corrected chi connectivity index (χ3v) is 7.13. The summed E-state index contributed by atoms with van der Waals surface area (Å²) in [6.07, 6.45) is 7.60. The molecule has 0 spiro atoms. The van der Waals surface area contributed by atoms with Gasteiger partial charge in [0, 0.05) is 50.1 Å². The number of anilines is 3. The molecular weight excluding hydrogens is 539 g/mol. The number of nitrogens with one attached hydrogen (secondary N) is 1. The monoisotopic (exact) mass is 570 g/mol. The number of pyridine rings is 2. The van der Waals surface area contributed by atoms with E-state index in [-0.39, 0.29) is 11.9 Å². The molecule has 2 aliphatic heterocycles. The zero-order valence-corrected chi connectivity index (χ0v) is 23.6. The Bertz CT molecular complexity index is 1660. The van der Waals surface area contributed by atoms with Crippen LogP contribution in [0.1, 0.15) is 5.56 Å². The summed E-state index contributed by atoms with van der Waals surface area (Å²) < 4.78 is 25.5. The average Bonchev–Trinajstić information content (AvgIpc) is 3.09. The molecule has 2 aliphatic rings. The molecule has 0 saturated carbocycles. The Labute approximate surface area is 242 Å². The second kappa shape index (κ2) is 11.6. The van der Waals surface area contributed by atoms with Crippen LogP contribution in [0.2, 0.25) is 0 Å². The number of aryl methyl sites for hydroxylation is 1. The predicted molar refractivity (Wildman–Crippen MR) is 157 cm³/mol. The van der Waals surface area contributed by atoms with Crippen LogP contribution in [0.15, 0.2) is 61.2 Å². The molecule has 1 amide bonds. The lowest BCUT2D eigenvalue weighted by Crippen LogP contribution is -2.56. The number of hydrogen-bond acceptors (Lipinski definition) is 10. The van der Waals surface area contributed by atoms with Crippen LogP contribution in [0.4, 0.5) is 21.7 Å². The van der Waals surface area contributed by atoms with Gasteiger partial charge in [-0.15, -0.1) is 0 Å². The van der Waals surface area contributed by atoms with Crippen molar-refractivity contribution in [1.29, 1.82) is 0 Å². The average molecular weight is 571 g/mol. The van der Waals surface area contributed by atoms with Gasteiger partial charge in [0.15, 0.2) is 17.4 Å². The van der Waals surface area contributed by atoms with Crippen LogP contribution in [0.5, 0.6) is 17.2 Å². The summed E-state index contributed by atoms with van der Waals surface area (Å²) >= 11 is 0. The fourth-order valence-corrected chi connectivity index (χ4v) is 5.06. The zero-order valence-electron chi connectivity index (χ0n) is 23.6. The number of fused-ring (bicyclic) bond motifs is 5. The lowest BCUT2D eigenvalue weighted by Gasteiger charge is -2.39. The van der Waals surface area contributed by atoms with E-state index in [1.165, 1.54) is 18.6 Å². The molecule has 3 aromatic heterocycles. The maximum absolute atomic E-state index is 13.5. The van der Waals surface area contributed by atoms with Crippen LogP contribution >= 0.6 is 0 Å². The highest BCUT2D eigenvalue weighted by molar-refractivity contribution is 5.90. The van der Waals surface area contributed by atoms with Crippen molar-refractivity contribution in [2.45, 2.75) is 13.0 Å². The number of halogens is 1. The second-order valence-corrected chi connectivity index (χ2v) is 10.6. The summed E-state index contributed by atoms with van der Waals surface area (Å²) in [5.41, 5.74) is 2.86. The summed E-state index contributed by atoms with van der Waals surface area (Å²) in [6, 6.07) is 8.63. The third-order valence-electron chi connectivity index (χ3n) is 7.13. The Morgan fingerprint density at radius 1 is 1.21 bits per heavy atom. The minimum absolute atomic E-state index is 0.00848. The minimum atomic E-state index is -0.464. The van der Waals surface area contributed by atoms with Crippen molar-refractivity contribution in [3.8, 4) is 17.2 Å².